The Labute approximate surface area is 134 Å². The number of carboxylic acid groups (broad SMARTS) is 1. The Morgan fingerprint density at radius 3 is 2.50 bits per heavy atom. The zero-order valence-corrected chi connectivity index (χ0v) is 14.3. The van der Waals surface area contributed by atoms with Crippen LogP contribution in [0, 0.1) is 0 Å². The van der Waals surface area contributed by atoms with E-state index in [0.717, 1.165) is 5.47 Å². The second-order valence-corrected chi connectivity index (χ2v) is 7.09. The van der Waals surface area contributed by atoms with Gasteiger partial charge in [0.25, 0.3) is 0 Å². The van der Waals surface area contributed by atoms with Crippen molar-refractivity contribution in [2.75, 3.05) is 13.6 Å². The highest BCUT2D eigenvalue weighted by Crippen LogP contribution is 2.38. The number of rotatable bonds is 5. The van der Waals surface area contributed by atoms with Crippen molar-refractivity contribution in [1.82, 2.24) is 10.3 Å². The summed E-state index contributed by atoms with van der Waals surface area (Å²) in [7, 11) is 1.31. The van der Waals surface area contributed by atoms with E-state index in [0.29, 0.717) is 11.4 Å². The Morgan fingerprint density at radius 2 is 2.00 bits per heavy atom. The summed E-state index contributed by atoms with van der Waals surface area (Å²) < 4.78 is 12.1. The van der Waals surface area contributed by atoms with E-state index in [4.69, 9.17) is 14.4 Å². The molecule has 0 radical (unpaired) electrons. The number of hydrogen-bond donors (Lipinski definition) is 2. The van der Waals surface area contributed by atoms with Crippen molar-refractivity contribution in [3.63, 3.8) is 0 Å². The van der Waals surface area contributed by atoms with Crippen molar-refractivity contribution in [1.29, 1.82) is 0 Å². The van der Waals surface area contributed by atoms with E-state index < -0.39 is 24.3 Å². The molecular formula is C14H21BN2O4S. The molecule has 0 aliphatic carbocycles. The van der Waals surface area contributed by atoms with Gasteiger partial charge >= 0.3 is 13.1 Å². The van der Waals surface area contributed by atoms with Crippen LogP contribution in [0.3, 0.4) is 0 Å². The minimum Gasteiger partial charge on any atom is -0.476 e. The number of carboxylic acids is 1. The zero-order chi connectivity index (χ0) is 16.5. The normalized spacial score (nSPS) is 20.4. The van der Waals surface area contributed by atoms with Gasteiger partial charge in [0.05, 0.1) is 21.6 Å². The van der Waals surface area contributed by atoms with Crippen molar-refractivity contribution in [2.24, 2.45) is 0 Å². The molecule has 0 aromatic carbocycles. The molecule has 1 aliphatic heterocycles. The van der Waals surface area contributed by atoms with Gasteiger partial charge in [-0.3, -0.25) is 0 Å². The summed E-state index contributed by atoms with van der Waals surface area (Å²) in [6.07, 6.45) is 1.79. The number of carbonyl (C=O) groups is 1. The second kappa shape index (κ2) is 6.12. The maximum Gasteiger partial charge on any atom is 0.491 e. The molecule has 120 valence electrons. The molecule has 2 heterocycles. The Bertz CT molecular complexity index is 581. The fourth-order valence-electron chi connectivity index (χ4n) is 2.09. The average molecular weight is 324 g/mol. The fraction of sp³-hybridized carbons (Fsp3) is 0.571. The first kappa shape index (κ1) is 17.1. The van der Waals surface area contributed by atoms with Gasteiger partial charge in [0.2, 0.25) is 0 Å². The minimum atomic E-state index is -1.04. The Hall–Kier alpha value is -1.22. The minimum absolute atomic E-state index is 0.0510. The lowest BCUT2D eigenvalue weighted by atomic mass is 9.77. The molecule has 0 atom stereocenters. The molecule has 0 spiro atoms. The highest BCUT2D eigenvalue weighted by molar-refractivity contribution is 7.11. The third kappa shape index (κ3) is 3.25. The number of aromatic nitrogens is 1. The topological polar surface area (TPSA) is 80.7 Å². The van der Waals surface area contributed by atoms with Crippen molar-refractivity contribution in [2.45, 2.75) is 38.9 Å². The van der Waals surface area contributed by atoms with E-state index in [-0.39, 0.29) is 5.69 Å². The maximum atomic E-state index is 11.2. The number of hydrogen-bond acceptors (Lipinski definition) is 6. The second-order valence-electron chi connectivity index (χ2n) is 6.21. The lowest BCUT2D eigenvalue weighted by Crippen LogP contribution is -2.41. The van der Waals surface area contributed by atoms with E-state index in [1.54, 1.807) is 6.08 Å². The van der Waals surface area contributed by atoms with E-state index in [2.05, 4.69) is 10.3 Å². The van der Waals surface area contributed by atoms with Gasteiger partial charge in [0.1, 0.15) is 0 Å². The van der Waals surface area contributed by atoms with Crippen LogP contribution in [0.4, 0.5) is 0 Å². The smallest absolute Gasteiger partial charge is 0.476 e. The van der Waals surface area contributed by atoms with E-state index >= 15 is 0 Å². The van der Waals surface area contributed by atoms with Crippen LogP contribution in [0.5, 0.6) is 0 Å². The largest absolute Gasteiger partial charge is 0.491 e. The lowest BCUT2D eigenvalue weighted by Gasteiger charge is -2.32. The average Bonchev–Trinajstić information content (AvgIpc) is 2.92. The van der Waals surface area contributed by atoms with Gasteiger partial charge in [-0.15, -0.1) is 11.3 Å². The SMILES string of the molecule is CNCC(=Cc1scnc1C(=O)O)B1OC(C)(C)C(C)(C)O1. The van der Waals surface area contributed by atoms with Gasteiger partial charge in [-0.05, 0) is 46.3 Å². The van der Waals surface area contributed by atoms with Crippen LogP contribution in [-0.2, 0) is 9.31 Å². The number of likely N-dealkylation sites (N-methyl/N-ethyl adjacent to an activating group) is 1. The van der Waals surface area contributed by atoms with Gasteiger partial charge < -0.3 is 19.7 Å². The summed E-state index contributed by atoms with van der Waals surface area (Å²) in [6.45, 7) is 8.48. The molecule has 1 aromatic heterocycles. The third-order valence-electron chi connectivity index (χ3n) is 4.05. The van der Waals surface area contributed by atoms with Crippen molar-refractivity contribution >= 4 is 30.5 Å². The Balaban J connectivity index is 2.33. The number of thiazole rings is 1. The van der Waals surface area contributed by atoms with Crippen LogP contribution in [0.15, 0.2) is 11.0 Å². The molecule has 0 unspecified atom stereocenters. The molecule has 1 fully saturated rings. The molecule has 0 saturated carbocycles. The summed E-state index contributed by atoms with van der Waals surface area (Å²) in [5, 5.41) is 12.2. The first-order valence-electron chi connectivity index (χ1n) is 7.05. The van der Waals surface area contributed by atoms with Crippen LogP contribution in [0.25, 0.3) is 6.08 Å². The summed E-state index contributed by atoms with van der Waals surface area (Å²) in [6, 6.07) is 0. The van der Waals surface area contributed by atoms with Gasteiger partial charge in [0.15, 0.2) is 5.69 Å². The Morgan fingerprint density at radius 1 is 1.41 bits per heavy atom. The highest BCUT2D eigenvalue weighted by atomic mass is 32.1. The number of aromatic carboxylic acids is 1. The molecule has 2 N–H and O–H groups in total. The molecular weight excluding hydrogens is 303 g/mol. The molecule has 1 aliphatic rings. The number of nitrogens with zero attached hydrogens (tertiary/aromatic N) is 1. The fourth-order valence-corrected chi connectivity index (χ4v) is 2.83. The van der Waals surface area contributed by atoms with E-state index in [1.807, 2.05) is 34.7 Å². The van der Waals surface area contributed by atoms with Gasteiger partial charge in [-0.25, -0.2) is 9.78 Å². The molecule has 1 saturated heterocycles. The quantitative estimate of drug-likeness (QED) is 0.807. The van der Waals surface area contributed by atoms with Crippen molar-refractivity contribution < 1.29 is 19.2 Å². The van der Waals surface area contributed by atoms with Crippen LogP contribution in [0.2, 0.25) is 0 Å². The molecule has 22 heavy (non-hydrogen) atoms. The van der Waals surface area contributed by atoms with Crippen LogP contribution < -0.4 is 5.32 Å². The summed E-state index contributed by atoms with van der Waals surface area (Å²) in [4.78, 5) is 15.7. The summed E-state index contributed by atoms with van der Waals surface area (Å²) in [5.41, 5.74) is 1.54. The molecule has 0 bridgehead atoms. The third-order valence-corrected chi connectivity index (χ3v) is 4.83. The van der Waals surface area contributed by atoms with Crippen LogP contribution in [0.1, 0.15) is 43.1 Å². The van der Waals surface area contributed by atoms with Crippen molar-refractivity contribution in [3.05, 3.63) is 21.6 Å². The predicted octanol–water partition coefficient (Wildman–Crippen LogP) is 2.08. The zero-order valence-electron chi connectivity index (χ0n) is 13.5. The molecule has 8 heteroatoms. The monoisotopic (exact) mass is 324 g/mol. The van der Waals surface area contributed by atoms with Crippen LogP contribution >= 0.6 is 11.3 Å². The van der Waals surface area contributed by atoms with Gasteiger partial charge in [-0.1, -0.05) is 0 Å². The van der Waals surface area contributed by atoms with E-state index in [9.17, 15) is 4.79 Å². The maximum absolute atomic E-state index is 11.2. The van der Waals surface area contributed by atoms with Gasteiger partial charge in [-0.2, -0.15) is 0 Å². The molecule has 6 nitrogen and oxygen atoms in total. The Kier molecular flexibility index (Phi) is 4.77. The molecule has 2 rings (SSSR count). The first-order chi connectivity index (χ1) is 10.2. The summed E-state index contributed by atoms with van der Waals surface area (Å²) >= 11 is 1.28. The highest BCUT2D eigenvalue weighted by Gasteiger charge is 2.52. The van der Waals surface area contributed by atoms with E-state index in [1.165, 1.54) is 16.8 Å². The predicted molar refractivity (Wildman–Crippen MR) is 87.1 cm³/mol. The molecule has 0 amide bonds. The summed E-state index contributed by atoms with van der Waals surface area (Å²) in [5.74, 6) is -1.04. The lowest BCUT2D eigenvalue weighted by molar-refractivity contribution is 0.00578. The molecule has 1 aromatic rings. The first-order valence-corrected chi connectivity index (χ1v) is 7.93. The van der Waals surface area contributed by atoms with Crippen LogP contribution in [-0.4, -0.2) is 48.0 Å². The van der Waals surface area contributed by atoms with Crippen molar-refractivity contribution in [3.8, 4) is 0 Å². The number of nitrogens with one attached hydrogen (secondary N) is 1. The standard InChI is InChI=1S/C14H21BN2O4S/c1-13(2)14(3,4)21-15(20-13)9(7-16-5)6-10-11(12(18)19)17-8-22-10/h6,8,16H,7H2,1-5H3,(H,18,19). The van der Waals surface area contributed by atoms with Gasteiger partial charge in [0, 0.05) is 6.54 Å².